The maximum absolute atomic E-state index is 12.5. The van der Waals surface area contributed by atoms with Crippen LogP contribution in [0.5, 0.6) is 5.75 Å². The molecule has 0 fully saturated rings. The standard InChI is InChI=1S/C15H18N2O3S/c1-2-17(12-9-13-7-10-16-11-8-13)21(19,20)15-5-3-14(18)4-6-15/h3-8,10-11,18H,2,9,12H2,1H3. The van der Waals surface area contributed by atoms with Crippen LogP contribution in [0.4, 0.5) is 0 Å². The number of benzene rings is 1. The average molecular weight is 306 g/mol. The summed E-state index contributed by atoms with van der Waals surface area (Å²) in [6.45, 7) is 2.61. The minimum absolute atomic E-state index is 0.0498. The number of hydrogen-bond acceptors (Lipinski definition) is 4. The van der Waals surface area contributed by atoms with Crippen LogP contribution in [0.3, 0.4) is 0 Å². The van der Waals surface area contributed by atoms with Crippen molar-refractivity contribution in [3.8, 4) is 5.75 Å². The van der Waals surface area contributed by atoms with E-state index in [0.29, 0.717) is 19.5 Å². The van der Waals surface area contributed by atoms with Gasteiger partial charge in [0.1, 0.15) is 5.75 Å². The molecule has 5 nitrogen and oxygen atoms in total. The van der Waals surface area contributed by atoms with Crippen molar-refractivity contribution in [2.45, 2.75) is 18.2 Å². The van der Waals surface area contributed by atoms with Gasteiger partial charge in [-0.05, 0) is 48.4 Å². The minimum Gasteiger partial charge on any atom is -0.508 e. The van der Waals surface area contributed by atoms with E-state index in [1.165, 1.54) is 28.6 Å². The van der Waals surface area contributed by atoms with Crippen LogP contribution in [0.2, 0.25) is 0 Å². The van der Waals surface area contributed by atoms with Gasteiger partial charge in [-0.1, -0.05) is 6.92 Å². The molecule has 1 aromatic heterocycles. The number of phenolic OH excluding ortho intramolecular Hbond substituents is 1. The third-order valence-corrected chi connectivity index (χ3v) is 5.21. The van der Waals surface area contributed by atoms with Gasteiger partial charge in [0.25, 0.3) is 0 Å². The third kappa shape index (κ3) is 3.80. The quantitative estimate of drug-likeness (QED) is 0.886. The van der Waals surface area contributed by atoms with E-state index in [0.717, 1.165) is 5.56 Å². The number of phenols is 1. The van der Waals surface area contributed by atoms with E-state index < -0.39 is 10.0 Å². The lowest BCUT2D eigenvalue weighted by atomic mass is 10.2. The lowest BCUT2D eigenvalue weighted by Gasteiger charge is -2.20. The molecule has 0 saturated heterocycles. The molecule has 0 atom stereocenters. The first-order valence-corrected chi connectivity index (χ1v) is 8.16. The lowest BCUT2D eigenvalue weighted by Crippen LogP contribution is -2.32. The van der Waals surface area contributed by atoms with Crippen molar-refractivity contribution in [1.29, 1.82) is 0 Å². The monoisotopic (exact) mass is 306 g/mol. The molecule has 112 valence electrons. The van der Waals surface area contributed by atoms with Crippen LogP contribution < -0.4 is 0 Å². The predicted molar refractivity (Wildman–Crippen MR) is 80.5 cm³/mol. The van der Waals surface area contributed by atoms with Crippen molar-refractivity contribution >= 4 is 10.0 Å². The smallest absolute Gasteiger partial charge is 0.243 e. The summed E-state index contributed by atoms with van der Waals surface area (Å²) in [6.07, 6.45) is 4.02. The normalized spacial score (nSPS) is 11.7. The van der Waals surface area contributed by atoms with Gasteiger partial charge in [-0.25, -0.2) is 8.42 Å². The Balaban J connectivity index is 2.14. The van der Waals surface area contributed by atoms with Crippen LogP contribution in [0, 0.1) is 0 Å². The number of aromatic hydroxyl groups is 1. The van der Waals surface area contributed by atoms with Gasteiger partial charge in [-0.15, -0.1) is 0 Å². The summed E-state index contributed by atoms with van der Waals surface area (Å²) in [5, 5.41) is 9.26. The highest BCUT2D eigenvalue weighted by atomic mass is 32.2. The van der Waals surface area contributed by atoms with Crippen LogP contribution in [-0.4, -0.2) is 35.9 Å². The van der Waals surface area contributed by atoms with E-state index in [-0.39, 0.29) is 10.6 Å². The van der Waals surface area contributed by atoms with Crippen molar-refractivity contribution in [1.82, 2.24) is 9.29 Å². The molecule has 0 aliphatic carbocycles. The van der Waals surface area contributed by atoms with Gasteiger partial charge in [0.05, 0.1) is 4.90 Å². The molecule has 0 bridgehead atoms. The molecule has 0 spiro atoms. The number of aromatic nitrogens is 1. The number of pyridine rings is 1. The molecule has 6 heteroatoms. The zero-order valence-electron chi connectivity index (χ0n) is 11.8. The Morgan fingerprint density at radius 3 is 2.29 bits per heavy atom. The topological polar surface area (TPSA) is 70.5 Å². The molecule has 1 heterocycles. The van der Waals surface area contributed by atoms with Crippen molar-refractivity contribution in [2.24, 2.45) is 0 Å². The predicted octanol–water partition coefficient (Wildman–Crippen LogP) is 2.04. The summed E-state index contributed by atoms with van der Waals surface area (Å²) < 4.78 is 26.5. The number of rotatable bonds is 6. The fourth-order valence-electron chi connectivity index (χ4n) is 2.02. The van der Waals surface area contributed by atoms with Crippen molar-refractivity contribution in [2.75, 3.05) is 13.1 Å². The molecule has 0 saturated carbocycles. The highest BCUT2D eigenvalue weighted by Crippen LogP contribution is 2.19. The van der Waals surface area contributed by atoms with Gasteiger partial charge >= 0.3 is 0 Å². The van der Waals surface area contributed by atoms with E-state index in [1.807, 2.05) is 19.1 Å². The number of hydrogen-bond donors (Lipinski definition) is 1. The second kappa shape index (κ2) is 6.69. The Bertz CT molecular complexity index is 670. The SMILES string of the molecule is CCN(CCc1ccncc1)S(=O)(=O)c1ccc(O)cc1. The fourth-order valence-corrected chi connectivity index (χ4v) is 3.47. The molecule has 21 heavy (non-hydrogen) atoms. The van der Waals surface area contributed by atoms with Crippen molar-refractivity contribution < 1.29 is 13.5 Å². The Morgan fingerprint density at radius 1 is 1.10 bits per heavy atom. The maximum atomic E-state index is 12.5. The number of sulfonamides is 1. The Kier molecular flexibility index (Phi) is 4.93. The lowest BCUT2D eigenvalue weighted by molar-refractivity contribution is 0.430. The molecular formula is C15H18N2O3S. The fraction of sp³-hybridized carbons (Fsp3) is 0.267. The Morgan fingerprint density at radius 2 is 1.71 bits per heavy atom. The van der Waals surface area contributed by atoms with E-state index in [9.17, 15) is 13.5 Å². The van der Waals surface area contributed by atoms with Crippen LogP contribution in [-0.2, 0) is 16.4 Å². The zero-order chi connectivity index (χ0) is 15.3. The molecule has 1 aromatic carbocycles. The van der Waals surface area contributed by atoms with Gasteiger partial charge in [0, 0.05) is 25.5 Å². The second-order valence-corrected chi connectivity index (χ2v) is 6.53. The summed E-state index contributed by atoms with van der Waals surface area (Å²) >= 11 is 0. The van der Waals surface area contributed by atoms with Gasteiger partial charge < -0.3 is 5.11 Å². The summed E-state index contributed by atoms with van der Waals surface area (Å²) in [5.41, 5.74) is 1.05. The minimum atomic E-state index is -3.53. The summed E-state index contributed by atoms with van der Waals surface area (Å²) in [5.74, 6) is 0.0498. The van der Waals surface area contributed by atoms with Crippen molar-refractivity contribution in [3.05, 3.63) is 54.4 Å². The molecule has 1 N–H and O–H groups in total. The van der Waals surface area contributed by atoms with E-state index in [4.69, 9.17) is 0 Å². The zero-order valence-corrected chi connectivity index (χ0v) is 12.6. The van der Waals surface area contributed by atoms with Gasteiger partial charge in [0.15, 0.2) is 0 Å². The molecule has 0 aliphatic heterocycles. The van der Waals surface area contributed by atoms with E-state index in [2.05, 4.69) is 4.98 Å². The first-order valence-electron chi connectivity index (χ1n) is 6.72. The summed E-state index contributed by atoms with van der Waals surface area (Å²) in [4.78, 5) is 4.13. The van der Waals surface area contributed by atoms with Crippen LogP contribution in [0.15, 0.2) is 53.7 Å². The molecule has 2 rings (SSSR count). The highest BCUT2D eigenvalue weighted by molar-refractivity contribution is 7.89. The Hall–Kier alpha value is -1.92. The molecule has 0 amide bonds. The second-order valence-electron chi connectivity index (χ2n) is 4.60. The molecule has 0 radical (unpaired) electrons. The van der Waals surface area contributed by atoms with Crippen LogP contribution >= 0.6 is 0 Å². The first kappa shape index (κ1) is 15.5. The van der Waals surface area contributed by atoms with Crippen LogP contribution in [0.25, 0.3) is 0 Å². The maximum Gasteiger partial charge on any atom is 0.243 e. The number of likely N-dealkylation sites (N-methyl/N-ethyl adjacent to an activating group) is 1. The average Bonchev–Trinajstić information content (AvgIpc) is 2.49. The summed E-state index contributed by atoms with van der Waals surface area (Å²) in [7, 11) is -3.53. The van der Waals surface area contributed by atoms with Gasteiger partial charge in [-0.3, -0.25) is 4.98 Å². The molecule has 0 unspecified atom stereocenters. The largest absolute Gasteiger partial charge is 0.508 e. The summed E-state index contributed by atoms with van der Waals surface area (Å²) in [6, 6.07) is 9.34. The third-order valence-electron chi connectivity index (χ3n) is 3.23. The molecule has 2 aromatic rings. The van der Waals surface area contributed by atoms with Gasteiger partial charge in [-0.2, -0.15) is 4.31 Å². The number of nitrogens with zero attached hydrogens (tertiary/aromatic N) is 2. The van der Waals surface area contributed by atoms with Gasteiger partial charge in [0.2, 0.25) is 10.0 Å². The van der Waals surface area contributed by atoms with Crippen LogP contribution in [0.1, 0.15) is 12.5 Å². The van der Waals surface area contributed by atoms with E-state index >= 15 is 0 Å². The Labute approximate surface area is 124 Å². The molecular weight excluding hydrogens is 288 g/mol. The van der Waals surface area contributed by atoms with Crippen molar-refractivity contribution in [3.63, 3.8) is 0 Å². The molecule has 0 aliphatic rings. The first-order chi connectivity index (χ1) is 10.0. The highest BCUT2D eigenvalue weighted by Gasteiger charge is 2.22. The van der Waals surface area contributed by atoms with E-state index in [1.54, 1.807) is 12.4 Å².